The van der Waals surface area contributed by atoms with E-state index in [1.54, 1.807) is 29.0 Å². The summed E-state index contributed by atoms with van der Waals surface area (Å²) < 4.78 is 1.69. The number of anilines is 2. The Hall–Kier alpha value is -2.75. The Balaban J connectivity index is 1.46. The summed E-state index contributed by atoms with van der Waals surface area (Å²) in [5.41, 5.74) is 6.59. The number of aryl methyl sites for hydroxylation is 1. The molecule has 0 radical (unpaired) electrons. The number of H-pyrrole nitrogens is 1. The lowest BCUT2D eigenvalue weighted by molar-refractivity contribution is -0.714. The van der Waals surface area contributed by atoms with Crippen molar-refractivity contribution in [2.45, 2.75) is 44.7 Å². The van der Waals surface area contributed by atoms with Crippen molar-refractivity contribution in [2.24, 2.45) is 5.73 Å². The van der Waals surface area contributed by atoms with Gasteiger partial charge < -0.3 is 27.0 Å². The second kappa shape index (κ2) is 12.9. The molecule has 0 unspecified atom stereocenters. The van der Waals surface area contributed by atoms with E-state index in [-0.39, 0.29) is 11.6 Å². The zero-order valence-corrected chi connectivity index (χ0v) is 18.7. The molecule has 0 aliphatic carbocycles. The molecule has 1 aliphatic rings. The van der Waals surface area contributed by atoms with E-state index in [2.05, 4.69) is 26.3 Å². The van der Waals surface area contributed by atoms with Crippen LogP contribution in [0.3, 0.4) is 0 Å². The number of amides is 1. The van der Waals surface area contributed by atoms with Gasteiger partial charge in [0.2, 0.25) is 5.82 Å². The molecule has 2 aromatic rings. The van der Waals surface area contributed by atoms with Crippen molar-refractivity contribution in [3.63, 3.8) is 0 Å². The summed E-state index contributed by atoms with van der Waals surface area (Å²) in [6.07, 6.45) is 6.89. The van der Waals surface area contributed by atoms with E-state index in [1.165, 1.54) is 12.8 Å². The molecule has 7 N–H and O–H groups in total. The second-order valence-corrected chi connectivity index (χ2v) is 8.14. The maximum atomic E-state index is 12.4. The number of hydrogen-bond donors (Lipinski definition) is 6. The summed E-state index contributed by atoms with van der Waals surface area (Å²) in [5.74, 6) is 0.440. The van der Waals surface area contributed by atoms with Crippen molar-refractivity contribution < 1.29 is 9.36 Å². The van der Waals surface area contributed by atoms with Crippen LogP contribution in [-0.2, 0) is 6.54 Å². The van der Waals surface area contributed by atoms with Gasteiger partial charge in [-0.05, 0) is 76.5 Å². The number of rotatable bonds is 12. The summed E-state index contributed by atoms with van der Waals surface area (Å²) in [4.78, 5) is 27.5. The minimum atomic E-state index is -0.156. The van der Waals surface area contributed by atoms with Crippen molar-refractivity contribution in [3.8, 4) is 0 Å². The van der Waals surface area contributed by atoms with Crippen LogP contribution in [0.2, 0.25) is 0 Å². The predicted molar refractivity (Wildman–Crippen MR) is 126 cm³/mol. The van der Waals surface area contributed by atoms with Gasteiger partial charge in [0.1, 0.15) is 0 Å². The molecule has 1 saturated heterocycles. The summed E-state index contributed by atoms with van der Waals surface area (Å²) in [7, 11) is 0. The molecule has 0 bridgehead atoms. The normalized spacial score (nSPS) is 14.3. The first kappa shape index (κ1) is 23.9. The average molecular weight is 443 g/mol. The average Bonchev–Trinajstić information content (AvgIpc) is 2.81. The van der Waals surface area contributed by atoms with E-state index < -0.39 is 0 Å². The molecule has 0 atom stereocenters. The van der Waals surface area contributed by atoms with Gasteiger partial charge in [0.15, 0.2) is 0 Å². The van der Waals surface area contributed by atoms with Crippen LogP contribution < -0.4 is 37.3 Å². The number of unbranched alkanes of at least 4 members (excludes halogenated alkanes) is 1. The summed E-state index contributed by atoms with van der Waals surface area (Å²) in [5, 5.41) is 13.0. The number of aromatic amines is 1. The zero-order chi connectivity index (χ0) is 22.6. The maximum Gasteiger partial charge on any atom is 0.497 e. The van der Waals surface area contributed by atoms with Gasteiger partial charge in [-0.1, -0.05) is 6.07 Å². The third-order valence-electron chi connectivity index (χ3n) is 5.59. The van der Waals surface area contributed by atoms with Gasteiger partial charge in [-0.15, -0.1) is 0 Å². The van der Waals surface area contributed by atoms with E-state index in [1.807, 2.05) is 12.1 Å². The van der Waals surface area contributed by atoms with E-state index >= 15 is 0 Å². The molecule has 1 aromatic heterocycles. The number of hydrogen-bond acceptors (Lipinski definition) is 6. The molecule has 32 heavy (non-hydrogen) atoms. The molecule has 1 amide bonds. The minimum absolute atomic E-state index is 0.142. The number of aromatic nitrogens is 2. The smallest absolute Gasteiger partial charge is 0.352 e. The van der Waals surface area contributed by atoms with Crippen LogP contribution in [0.25, 0.3) is 0 Å². The number of nitrogens with zero attached hydrogens (tertiary/aromatic N) is 1. The highest BCUT2D eigenvalue weighted by atomic mass is 16.2. The fourth-order valence-corrected chi connectivity index (χ4v) is 3.75. The number of nitrogens with one attached hydrogen (secondary N) is 5. The fraction of sp³-hybridized carbons (Fsp3) is 0.522. The highest BCUT2D eigenvalue weighted by molar-refractivity contribution is 5.95. The van der Waals surface area contributed by atoms with Crippen molar-refractivity contribution in [2.75, 3.05) is 38.0 Å². The van der Waals surface area contributed by atoms with Gasteiger partial charge in [0.25, 0.3) is 5.91 Å². The molecule has 9 nitrogen and oxygen atoms in total. The third-order valence-corrected chi connectivity index (χ3v) is 5.59. The van der Waals surface area contributed by atoms with Gasteiger partial charge in [-0.25, -0.2) is 0 Å². The largest absolute Gasteiger partial charge is 0.497 e. The maximum absolute atomic E-state index is 12.4. The van der Waals surface area contributed by atoms with Gasteiger partial charge in [0.05, 0.1) is 12.7 Å². The molecular weight excluding hydrogens is 406 g/mol. The Labute approximate surface area is 189 Å². The molecule has 1 aliphatic heterocycles. The first-order valence-electron chi connectivity index (χ1n) is 11.6. The first-order valence-corrected chi connectivity index (χ1v) is 11.6. The Morgan fingerprint density at radius 2 is 1.97 bits per heavy atom. The molecule has 2 heterocycles. The quantitative estimate of drug-likeness (QED) is 0.211. The van der Waals surface area contributed by atoms with Crippen LogP contribution in [0.4, 0.5) is 11.5 Å². The first-order chi connectivity index (χ1) is 15.7. The number of carbonyl (C=O) groups is 1. The van der Waals surface area contributed by atoms with Crippen LogP contribution in [0.15, 0.2) is 41.3 Å². The molecule has 3 rings (SSSR count). The standard InChI is InChI=1S/C23H35N7O2/c24-10-4-12-27-22(31)18-5-3-6-20(17-18)28-21-9-16-30(23(32)29-21)15-2-1-11-26-19-7-13-25-14-8-19/h3,5-6,9,16-17,19,25-26H,1-2,4,7-8,10-15,24H2,(H2,27,28,29,31,32)/p+1. The summed E-state index contributed by atoms with van der Waals surface area (Å²) >= 11 is 0. The highest BCUT2D eigenvalue weighted by Crippen LogP contribution is 2.15. The molecule has 9 heteroatoms. The van der Waals surface area contributed by atoms with Gasteiger partial charge in [-0.3, -0.25) is 4.79 Å². The van der Waals surface area contributed by atoms with Crippen LogP contribution >= 0.6 is 0 Å². The minimum Gasteiger partial charge on any atom is -0.352 e. The molecule has 174 valence electrons. The molecule has 1 fully saturated rings. The van der Waals surface area contributed by atoms with Crippen LogP contribution in [-0.4, -0.2) is 49.7 Å². The van der Waals surface area contributed by atoms with Crippen LogP contribution in [0, 0.1) is 0 Å². The van der Waals surface area contributed by atoms with Crippen molar-refractivity contribution in [1.29, 1.82) is 0 Å². The number of nitrogens with two attached hydrogens (primary N) is 1. The Morgan fingerprint density at radius 1 is 1.12 bits per heavy atom. The van der Waals surface area contributed by atoms with E-state index in [0.29, 0.717) is 37.1 Å². The molecule has 0 spiro atoms. The Bertz CT molecular complexity index is 909. The van der Waals surface area contributed by atoms with Crippen LogP contribution in [0.1, 0.15) is 42.5 Å². The lowest BCUT2D eigenvalue weighted by atomic mass is 10.1. The molecule has 1 aromatic carbocycles. The predicted octanol–water partition coefficient (Wildman–Crippen LogP) is 0.606. The Kier molecular flexibility index (Phi) is 9.67. The summed E-state index contributed by atoms with van der Waals surface area (Å²) in [6, 6.07) is 9.62. The number of carbonyl (C=O) groups excluding carboxylic acids is 1. The SMILES string of the molecule is NCCCNC(=O)c1cccc(Nc2cc[n+](CCCCNC3CCNCC3)c(=O)[nH]2)c1. The number of benzene rings is 1. The van der Waals surface area contributed by atoms with E-state index in [9.17, 15) is 9.59 Å². The lowest BCUT2D eigenvalue weighted by Crippen LogP contribution is -2.51. The van der Waals surface area contributed by atoms with Gasteiger partial charge in [-0.2, -0.15) is 14.3 Å². The van der Waals surface area contributed by atoms with Crippen molar-refractivity contribution in [3.05, 3.63) is 52.6 Å². The monoisotopic (exact) mass is 442 g/mol. The van der Waals surface area contributed by atoms with Gasteiger partial charge >= 0.3 is 5.69 Å². The second-order valence-electron chi connectivity index (χ2n) is 8.14. The summed E-state index contributed by atoms with van der Waals surface area (Å²) in [6.45, 7) is 4.94. The lowest BCUT2D eigenvalue weighted by Gasteiger charge is -2.23. The van der Waals surface area contributed by atoms with Crippen molar-refractivity contribution in [1.82, 2.24) is 20.9 Å². The van der Waals surface area contributed by atoms with Crippen LogP contribution in [0.5, 0.6) is 0 Å². The Morgan fingerprint density at radius 3 is 2.75 bits per heavy atom. The number of piperidine rings is 1. The third kappa shape index (κ3) is 7.74. The van der Waals surface area contributed by atoms with Gasteiger partial charge in [0, 0.05) is 29.9 Å². The molecular formula is C23H36N7O2+. The topological polar surface area (TPSA) is 128 Å². The highest BCUT2D eigenvalue weighted by Gasteiger charge is 2.12. The van der Waals surface area contributed by atoms with Crippen molar-refractivity contribution >= 4 is 17.4 Å². The molecule has 0 saturated carbocycles. The fourth-order valence-electron chi connectivity index (χ4n) is 3.75. The van der Waals surface area contributed by atoms with E-state index in [0.717, 1.165) is 44.6 Å². The van der Waals surface area contributed by atoms with E-state index in [4.69, 9.17) is 5.73 Å². The zero-order valence-electron chi connectivity index (χ0n) is 18.7.